The summed E-state index contributed by atoms with van der Waals surface area (Å²) in [5, 5.41) is 3.32. The van der Waals surface area contributed by atoms with E-state index >= 15 is 0 Å². The molecule has 1 saturated heterocycles. The number of ether oxygens (including phenoxy) is 2. The second kappa shape index (κ2) is 5.72. The number of carbonyl (C=O) groups is 1. The minimum Gasteiger partial charge on any atom is -0.459 e. The van der Waals surface area contributed by atoms with E-state index in [1.54, 1.807) is 0 Å². The number of rotatable bonds is 2. The molecule has 1 aromatic carbocycles. The molecule has 19 heavy (non-hydrogen) atoms. The standard InChI is InChI=1S/C15H19NO3/c17-15(19-12-5-8-18-9-6-12)14-3-1-2-11-10-16-7-4-13(11)14/h1-3,12,16H,4-10H2. The lowest BCUT2D eigenvalue weighted by Crippen LogP contribution is -2.29. The predicted octanol–water partition coefficient (Wildman–Crippen LogP) is 1.67. The summed E-state index contributed by atoms with van der Waals surface area (Å²) in [5.74, 6) is -0.175. The molecule has 0 spiro atoms. The number of fused-ring (bicyclic) bond motifs is 1. The van der Waals surface area contributed by atoms with Crippen molar-refractivity contribution >= 4 is 5.97 Å². The van der Waals surface area contributed by atoms with Crippen LogP contribution in [0.5, 0.6) is 0 Å². The third-order valence-corrected chi connectivity index (χ3v) is 3.80. The van der Waals surface area contributed by atoms with Crippen molar-refractivity contribution in [3.05, 3.63) is 34.9 Å². The molecule has 1 fully saturated rings. The van der Waals surface area contributed by atoms with Gasteiger partial charge in [-0.25, -0.2) is 4.79 Å². The van der Waals surface area contributed by atoms with Gasteiger partial charge in [0, 0.05) is 19.4 Å². The van der Waals surface area contributed by atoms with Crippen LogP contribution in [0.1, 0.15) is 34.3 Å². The Bertz CT molecular complexity index is 466. The van der Waals surface area contributed by atoms with E-state index in [1.165, 1.54) is 5.56 Å². The summed E-state index contributed by atoms with van der Waals surface area (Å²) in [4.78, 5) is 12.3. The maximum Gasteiger partial charge on any atom is 0.338 e. The van der Waals surface area contributed by atoms with Crippen molar-refractivity contribution in [3.8, 4) is 0 Å². The maximum atomic E-state index is 12.3. The minimum atomic E-state index is -0.175. The molecule has 0 saturated carbocycles. The van der Waals surface area contributed by atoms with E-state index in [2.05, 4.69) is 11.4 Å². The first-order chi connectivity index (χ1) is 9.34. The van der Waals surface area contributed by atoms with Crippen LogP contribution in [0.3, 0.4) is 0 Å². The highest BCUT2D eigenvalue weighted by Crippen LogP contribution is 2.21. The number of hydrogen-bond acceptors (Lipinski definition) is 4. The molecule has 2 aliphatic heterocycles. The van der Waals surface area contributed by atoms with Gasteiger partial charge in [-0.2, -0.15) is 0 Å². The van der Waals surface area contributed by atoms with E-state index in [-0.39, 0.29) is 12.1 Å². The molecule has 1 aromatic rings. The molecule has 0 unspecified atom stereocenters. The Hall–Kier alpha value is -1.39. The number of carbonyl (C=O) groups excluding carboxylic acids is 1. The van der Waals surface area contributed by atoms with E-state index in [9.17, 15) is 4.79 Å². The third kappa shape index (κ3) is 2.80. The zero-order valence-electron chi connectivity index (χ0n) is 11.0. The Labute approximate surface area is 113 Å². The van der Waals surface area contributed by atoms with Crippen LogP contribution in [-0.4, -0.2) is 31.8 Å². The van der Waals surface area contributed by atoms with Crippen molar-refractivity contribution in [1.29, 1.82) is 0 Å². The van der Waals surface area contributed by atoms with Gasteiger partial charge in [0.25, 0.3) is 0 Å². The van der Waals surface area contributed by atoms with Crippen LogP contribution in [0.25, 0.3) is 0 Å². The van der Waals surface area contributed by atoms with Crippen LogP contribution in [0.15, 0.2) is 18.2 Å². The molecule has 2 aliphatic rings. The Balaban J connectivity index is 1.75. The van der Waals surface area contributed by atoms with Gasteiger partial charge in [-0.15, -0.1) is 0 Å². The number of nitrogens with one attached hydrogen (secondary N) is 1. The van der Waals surface area contributed by atoms with Gasteiger partial charge in [0.05, 0.1) is 18.8 Å². The second-order valence-corrected chi connectivity index (χ2v) is 5.09. The Morgan fingerprint density at radius 3 is 3.00 bits per heavy atom. The summed E-state index contributed by atoms with van der Waals surface area (Å²) in [7, 11) is 0. The maximum absolute atomic E-state index is 12.3. The molecule has 0 atom stereocenters. The molecule has 0 bridgehead atoms. The molecule has 4 heteroatoms. The normalized spacial score (nSPS) is 19.8. The zero-order valence-corrected chi connectivity index (χ0v) is 11.0. The van der Waals surface area contributed by atoms with Crippen LogP contribution in [0.4, 0.5) is 0 Å². The van der Waals surface area contributed by atoms with E-state index < -0.39 is 0 Å². The van der Waals surface area contributed by atoms with Crippen LogP contribution in [-0.2, 0) is 22.4 Å². The fraction of sp³-hybridized carbons (Fsp3) is 0.533. The minimum absolute atomic E-state index is 0.0128. The number of esters is 1. The monoisotopic (exact) mass is 261 g/mol. The molecule has 0 aliphatic carbocycles. The molecule has 102 valence electrons. The lowest BCUT2D eigenvalue weighted by molar-refractivity contribution is -0.0160. The Kier molecular flexibility index (Phi) is 3.80. The van der Waals surface area contributed by atoms with Gasteiger partial charge in [0.15, 0.2) is 0 Å². The molecule has 0 radical (unpaired) electrons. The van der Waals surface area contributed by atoms with Gasteiger partial charge in [-0.05, 0) is 30.2 Å². The Morgan fingerprint density at radius 1 is 1.32 bits per heavy atom. The molecule has 1 N–H and O–H groups in total. The smallest absolute Gasteiger partial charge is 0.338 e. The molecule has 0 aromatic heterocycles. The topological polar surface area (TPSA) is 47.6 Å². The van der Waals surface area contributed by atoms with Crippen molar-refractivity contribution in [2.45, 2.75) is 31.9 Å². The molecule has 3 rings (SSSR count). The fourth-order valence-corrected chi connectivity index (χ4v) is 2.73. The van der Waals surface area contributed by atoms with E-state index in [0.29, 0.717) is 13.2 Å². The summed E-state index contributed by atoms with van der Waals surface area (Å²) < 4.78 is 10.9. The summed E-state index contributed by atoms with van der Waals surface area (Å²) in [6.07, 6.45) is 2.53. The summed E-state index contributed by atoms with van der Waals surface area (Å²) in [5.41, 5.74) is 3.11. The Morgan fingerprint density at radius 2 is 2.16 bits per heavy atom. The highest BCUT2D eigenvalue weighted by Gasteiger charge is 2.22. The average molecular weight is 261 g/mol. The lowest BCUT2D eigenvalue weighted by atomic mass is 9.95. The lowest BCUT2D eigenvalue weighted by Gasteiger charge is -2.24. The van der Waals surface area contributed by atoms with Crippen molar-refractivity contribution < 1.29 is 14.3 Å². The van der Waals surface area contributed by atoms with E-state index in [1.807, 2.05) is 12.1 Å². The number of benzene rings is 1. The van der Waals surface area contributed by atoms with Gasteiger partial charge in [0.2, 0.25) is 0 Å². The van der Waals surface area contributed by atoms with Crippen LogP contribution in [0.2, 0.25) is 0 Å². The third-order valence-electron chi connectivity index (χ3n) is 3.80. The molecule has 0 amide bonds. The zero-order chi connectivity index (χ0) is 13.1. The van der Waals surface area contributed by atoms with Gasteiger partial charge in [-0.3, -0.25) is 0 Å². The number of hydrogen-bond donors (Lipinski definition) is 1. The summed E-state index contributed by atoms with van der Waals surface area (Å²) >= 11 is 0. The highest BCUT2D eigenvalue weighted by molar-refractivity contribution is 5.91. The van der Waals surface area contributed by atoms with Crippen molar-refractivity contribution in [3.63, 3.8) is 0 Å². The molecule has 2 heterocycles. The van der Waals surface area contributed by atoms with Gasteiger partial charge < -0.3 is 14.8 Å². The summed E-state index contributed by atoms with van der Waals surface area (Å²) in [6.45, 7) is 3.14. The van der Waals surface area contributed by atoms with E-state index in [4.69, 9.17) is 9.47 Å². The average Bonchev–Trinajstić information content (AvgIpc) is 2.47. The van der Waals surface area contributed by atoms with E-state index in [0.717, 1.165) is 43.5 Å². The first kappa shape index (κ1) is 12.6. The van der Waals surface area contributed by atoms with Crippen LogP contribution in [0, 0.1) is 0 Å². The second-order valence-electron chi connectivity index (χ2n) is 5.09. The van der Waals surface area contributed by atoms with Crippen LogP contribution < -0.4 is 5.32 Å². The van der Waals surface area contributed by atoms with Gasteiger partial charge in [-0.1, -0.05) is 12.1 Å². The largest absolute Gasteiger partial charge is 0.459 e. The fourth-order valence-electron chi connectivity index (χ4n) is 2.73. The van der Waals surface area contributed by atoms with Gasteiger partial charge in [0.1, 0.15) is 6.10 Å². The molecular weight excluding hydrogens is 242 g/mol. The molecular formula is C15H19NO3. The van der Waals surface area contributed by atoms with Crippen LogP contribution >= 0.6 is 0 Å². The molecule has 4 nitrogen and oxygen atoms in total. The van der Waals surface area contributed by atoms with Gasteiger partial charge >= 0.3 is 5.97 Å². The predicted molar refractivity (Wildman–Crippen MR) is 71.1 cm³/mol. The quantitative estimate of drug-likeness (QED) is 0.823. The first-order valence-electron chi connectivity index (χ1n) is 6.95. The van der Waals surface area contributed by atoms with Crippen molar-refractivity contribution in [2.24, 2.45) is 0 Å². The van der Waals surface area contributed by atoms with Crippen molar-refractivity contribution in [2.75, 3.05) is 19.8 Å². The van der Waals surface area contributed by atoms with Crippen molar-refractivity contribution in [1.82, 2.24) is 5.32 Å². The highest BCUT2D eigenvalue weighted by atomic mass is 16.6. The first-order valence-corrected chi connectivity index (χ1v) is 6.95. The summed E-state index contributed by atoms with van der Waals surface area (Å²) in [6, 6.07) is 5.89. The SMILES string of the molecule is O=C(OC1CCOCC1)c1cccc2c1CCNC2.